The minimum Gasteiger partial charge on any atom is -0.308 e. The van der Waals surface area contributed by atoms with E-state index in [-0.39, 0.29) is 11.8 Å². The van der Waals surface area contributed by atoms with E-state index in [1.54, 1.807) is 0 Å². The van der Waals surface area contributed by atoms with Crippen LogP contribution in [0.2, 0.25) is 0 Å². The van der Waals surface area contributed by atoms with Gasteiger partial charge < -0.3 is 4.90 Å². The van der Waals surface area contributed by atoms with Crippen LogP contribution in [0.4, 0.5) is 0 Å². The Hall–Kier alpha value is -1.16. The standard InChI is InChI=1S/C8H12N2O2/c1-9(2)5-6-10-7(11)3-4-8(10)12/h3-4H,5-6H2,1-2H3. The fourth-order valence-electron chi connectivity index (χ4n) is 0.952. The van der Waals surface area contributed by atoms with Gasteiger partial charge in [-0.25, -0.2) is 0 Å². The number of hydrogen-bond donors (Lipinski definition) is 0. The molecule has 0 aromatic heterocycles. The molecule has 0 bridgehead atoms. The van der Waals surface area contributed by atoms with Crippen LogP contribution >= 0.6 is 0 Å². The number of amides is 2. The minimum atomic E-state index is -0.207. The van der Waals surface area contributed by atoms with E-state index in [1.165, 1.54) is 17.1 Å². The zero-order valence-corrected chi connectivity index (χ0v) is 7.28. The Balaban J connectivity index is 2.43. The Morgan fingerprint density at radius 1 is 1.25 bits per heavy atom. The number of carbonyl (C=O) groups excluding carboxylic acids is 2. The number of nitrogens with zero attached hydrogens (tertiary/aromatic N) is 2. The highest BCUT2D eigenvalue weighted by molar-refractivity contribution is 6.12. The molecule has 1 aliphatic heterocycles. The molecule has 0 spiro atoms. The van der Waals surface area contributed by atoms with Crippen molar-refractivity contribution < 1.29 is 9.59 Å². The summed E-state index contributed by atoms with van der Waals surface area (Å²) in [6.07, 6.45) is 2.61. The average molecular weight is 168 g/mol. The summed E-state index contributed by atoms with van der Waals surface area (Å²) in [5.41, 5.74) is 0. The minimum absolute atomic E-state index is 0.207. The summed E-state index contributed by atoms with van der Waals surface area (Å²) < 4.78 is 0. The maximum atomic E-state index is 11.0. The predicted molar refractivity (Wildman–Crippen MR) is 44.4 cm³/mol. The van der Waals surface area contributed by atoms with Crippen LogP contribution in [0, 0.1) is 0 Å². The third-order valence-electron chi connectivity index (χ3n) is 1.67. The molecule has 0 aromatic carbocycles. The molecule has 0 atom stereocenters. The van der Waals surface area contributed by atoms with Crippen LogP contribution in [0.5, 0.6) is 0 Å². The van der Waals surface area contributed by atoms with Crippen LogP contribution in [0.3, 0.4) is 0 Å². The molecule has 1 rings (SSSR count). The van der Waals surface area contributed by atoms with Crippen molar-refractivity contribution in [2.45, 2.75) is 0 Å². The number of rotatable bonds is 3. The number of likely N-dealkylation sites (N-methyl/N-ethyl adjacent to an activating group) is 1. The summed E-state index contributed by atoms with van der Waals surface area (Å²) in [7, 11) is 3.80. The van der Waals surface area contributed by atoms with Gasteiger partial charge in [0.25, 0.3) is 11.8 Å². The lowest BCUT2D eigenvalue weighted by Crippen LogP contribution is -2.36. The van der Waals surface area contributed by atoms with E-state index in [1.807, 2.05) is 19.0 Å². The second-order valence-corrected chi connectivity index (χ2v) is 2.96. The van der Waals surface area contributed by atoms with E-state index in [9.17, 15) is 9.59 Å². The van der Waals surface area contributed by atoms with Gasteiger partial charge >= 0.3 is 0 Å². The smallest absolute Gasteiger partial charge is 0.253 e. The highest BCUT2D eigenvalue weighted by atomic mass is 16.2. The maximum Gasteiger partial charge on any atom is 0.253 e. The SMILES string of the molecule is CN(C)CCN1C(=O)C=CC1=O. The highest BCUT2D eigenvalue weighted by Gasteiger charge is 2.22. The molecule has 1 aliphatic rings. The van der Waals surface area contributed by atoms with Crippen LogP contribution in [0.25, 0.3) is 0 Å². The van der Waals surface area contributed by atoms with Crippen LogP contribution in [-0.4, -0.2) is 48.8 Å². The molecule has 66 valence electrons. The summed E-state index contributed by atoms with van der Waals surface area (Å²) in [4.78, 5) is 25.2. The summed E-state index contributed by atoms with van der Waals surface area (Å²) >= 11 is 0. The predicted octanol–water partition coefficient (Wildman–Crippen LogP) is -0.527. The van der Waals surface area contributed by atoms with E-state index >= 15 is 0 Å². The lowest BCUT2D eigenvalue weighted by molar-refractivity contribution is -0.136. The largest absolute Gasteiger partial charge is 0.308 e. The third kappa shape index (κ3) is 1.92. The van der Waals surface area contributed by atoms with Crippen molar-refractivity contribution >= 4 is 11.8 Å². The van der Waals surface area contributed by atoms with Gasteiger partial charge in [-0.15, -0.1) is 0 Å². The van der Waals surface area contributed by atoms with Crippen molar-refractivity contribution in [2.24, 2.45) is 0 Å². The van der Waals surface area contributed by atoms with Crippen molar-refractivity contribution in [2.75, 3.05) is 27.2 Å². The van der Waals surface area contributed by atoms with Crippen molar-refractivity contribution in [1.29, 1.82) is 0 Å². The van der Waals surface area contributed by atoms with Gasteiger partial charge in [-0.1, -0.05) is 0 Å². The number of imide groups is 1. The molecule has 0 radical (unpaired) electrons. The summed E-state index contributed by atoms with van der Waals surface area (Å²) in [6, 6.07) is 0. The van der Waals surface area contributed by atoms with Crippen molar-refractivity contribution in [3.8, 4) is 0 Å². The third-order valence-corrected chi connectivity index (χ3v) is 1.67. The molecule has 0 N–H and O–H groups in total. The molecule has 0 saturated carbocycles. The topological polar surface area (TPSA) is 40.6 Å². The first-order valence-corrected chi connectivity index (χ1v) is 3.79. The number of carbonyl (C=O) groups is 2. The fourth-order valence-corrected chi connectivity index (χ4v) is 0.952. The molecule has 0 aliphatic carbocycles. The molecule has 4 heteroatoms. The van der Waals surface area contributed by atoms with Gasteiger partial charge in [0.1, 0.15) is 0 Å². The Morgan fingerprint density at radius 3 is 2.17 bits per heavy atom. The van der Waals surface area contributed by atoms with Crippen molar-refractivity contribution in [3.63, 3.8) is 0 Å². The van der Waals surface area contributed by atoms with Crippen LogP contribution in [0.15, 0.2) is 12.2 Å². The lowest BCUT2D eigenvalue weighted by atomic mass is 10.5. The highest BCUT2D eigenvalue weighted by Crippen LogP contribution is 2.02. The molecule has 2 amide bonds. The Labute approximate surface area is 71.4 Å². The summed E-state index contributed by atoms with van der Waals surface area (Å²) in [5, 5.41) is 0. The van der Waals surface area contributed by atoms with Crippen molar-refractivity contribution in [3.05, 3.63) is 12.2 Å². The first-order chi connectivity index (χ1) is 5.61. The van der Waals surface area contributed by atoms with Gasteiger partial charge in [-0.05, 0) is 14.1 Å². The Bertz CT molecular complexity index is 215. The van der Waals surface area contributed by atoms with E-state index in [2.05, 4.69) is 0 Å². The first kappa shape index (κ1) is 8.93. The van der Waals surface area contributed by atoms with Gasteiger partial charge in [0, 0.05) is 25.2 Å². The van der Waals surface area contributed by atoms with Gasteiger partial charge in [-0.3, -0.25) is 14.5 Å². The van der Waals surface area contributed by atoms with E-state index in [4.69, 9.17) is 0 Å². The van der Waals surface area contributed by atoms with Crippen molar-refractivity contribution in [1.82, 2.24) is 9.80 Å². The van der Waals surface area contributed by atoms with Gasteiger partial charge in [0.05, 0.1) is 0 Å². The lowest BCUT2D eigenvalue weighted by Gasteiger charge is -2.16. The molecular weight excluding hydrogens is 156 g/mol. The molecule has 0 fully saturated rings. The van der Waals surface area contributed by atoms with E-state index < -0.39 is 0 Å². The molecule has 4 nitrogen and oxygen atoms in total. The number of hydrogen-bond acceptors (Lipinski definition) is 3. The van der Waals surface area contributed by atoms with Crippen LogP contribution < -0.4 is 0 Å². The zero-order chi connectivity index (χ0) is 9.14. The molecule has 1 heterocycles. The molecule has 0 unspecified atom stereocenters. The normalized spacial score (nSPS) is 16.8. The Morgan fingerprint density at radius 2 is 1.75 bits per heavy atom. The second-order valence-electron chi connectivity index (χ2n) is 2.96. The van der Waals surface area contributed by atoms with Crippen LogP contribution in [-0.2, 0) is 9.59 Å². The first-order valence-electron chi connectivity index (χ1n) is 3.79. The molecule has 12 heavy (non-hydrogen) atoms. The summed E-state index contributed by atoms with van der Waals surface area (Å²) in [6.45, 7) is 1.18. The summed E-state index contributed by atoms with van der Waals surface area (Å²) in [5.74, 6) is -0.413. The monoisotopic (exact) mass is 168 g/mol. The second kappa shape index (κ2) is 3.49. The molecule has 0 saturated heterocycles. The quantitative estimate of drug-likeness (QED) is 0.532. The van der Waals surface area contributed by atoms with Gasteiger partial charge in [0.2, 0.25) is 0 Å². The van der Waals surface area contributed by atoms with E-state index in [0.717, 1.165) is 0 Å². The van der Waals surface area contributed by atoms with E-state index in [0.29, 0.717) is 13.1 Å². The fraction of sp³-hybridized carbons (Fsp3) is 0.500. The van der Waals surface area contributed by atoms with Gasteiger partial charge in [0.15, 0.2) is 0 Å². The molecular formula is C8H12N2O2. The maximum absolute atomic E-state index is 11.0. The zero-order valence-electron chi connectivity index (χ0n) is 7.28. The Kier molecular flexibility index (Phi) is 2.60. The van der Waals surface area contributed by atoms with Crippen LogP contribution in [0.1, 0.15) is 0 Å². The average Bonchev–Trinajstić information content (AvgIpc) is 2.28. The van der Waals surface area contributed by atoms with Gasteiger partial charge in [-0.2, -0.15) is 0 Å². The molecule has 0 aromatic rings.